The van der Waals surface area contributed by atoms with Crippen molar-refractivity contribution in [3.05, 3.63) is 131 Å². The number of nitrogens with zero attached hydrogens (tertiary/aromatic N) is 4. The van der Waals surface area contributed by atoms with Crippen molar-refractivity contribution in [2.24, 2.45) is 0 Å². The summed E-state index contributed by atoms with van der Waals surface area (Å²) in [7, 11) is 0. The zero-order valence-electron chi connectivity index (χ0n) is 32.3. The van der Waals surface area contributed by atoms with Crippen LogP contribution >= 0.6 is 0 Å². The molecule has 0 N–H and O–H groups in total. The van der Waals surface area contributed by atoms with E-state index in [0.29, 0.717) is 23.3 Å². The van der Waals surface area contributed by atoms with E-state index in [1.807, 2.05) is 24.4 Å². The summed E-state index contributed by atoms with van der Waals surface area (Å²) >= 11 is 0. The Morgan fingerprint density at radius 2 is 1.38 bits per heavy atom. The maximum Gasteiger partial charge on any atom is 2.00 e. The number of benzene rings is 4. The predicted octanol–water partition coefficient (Wildman–Crippen LogP) is 13.0. The molecule has 9 rings (SSSR count). The van der Waals surface area contributed by atoms with E-state index in [1.165, 1.54) is 86.7 Å². The second kappa shape index (κ2) is 16.3. The van der Waals surface area contributed by atoms with Gasteiger partial charge < -0.3 is 9.30 Å². The van der Waals surface area contributed by atoms with Gasteiger partial charge in [0, 0.05) is 34.5 Å². The molecule has 0 unspecified atom stereocenters. The monoisotopic (exact) mass is 816 g/mol. The summed E-state index contributed by atoms with van der Waals surface area (Å²) in [5.41, 5.74) is 12.5. The first kappa shape index (κ1) is 37.4. The van der Waals surface area contributed by atoms with Crippen molar-refractivity contribution < 1.29 is 25.2 Å². The van der Waals surface area contributed by atoms with Crippen molar-refractivity contribution >= 4 is 21.8 Å². The van der Waals surface area contributed by atoms with Gasteiger partial charge in [-0.25, -0.2) is 4.98 Å². The second-order valence-electron chi connectivity index (χ2n) is 15.5. The summed E-state index contributed by atoms with van der Waals surface area (Å²) in [4.78, 5) is 4.75. The van der Waals surface area contributed by atoms with E-state index in [4.69, 9.17) is 14.8 Å². The van der Waals surface area contributed by atoms with E-state index in [2.05, 4.69) is 109 Å². The maximum absolute atomic E-state index is 6.59. The van der Waals surface area contributed by atoms with Crippen LogP contribution in [-0.4, -0.2) is 19.3 Å². The molecule has 6 heteroatoms. The molecule has 55 heavy (non-hydrogen) atoms. The van der Waals surface area contributed by atoms with Gasteiger partial charge in [0.15, 0.2) is 0 Å². The topological polar surface area (TPSA) is 44.9 Å². The first-order valence-electron chi connectivity index (χ1n) is 20.4. The van der Waals surface area contributed by atoms with Crippen LogP contribution in [0.4, 0.5) is 0 Å². The van der Waals surface area contributed by atoms with E-state index >= 15 is 0 Å². The van der Waals surface area contributed by atoms with Crippen LogP contribution < -0.4 is 4.74 Å². The quantitative estimate of drug-likeness (QED) is 0.108. The predicted molar refractivity (Wildman–Crippen MR) is 220 cm³/mol. The van der Waals surface area contributed by atoms with Gasteiger partial charge in [0.25, 0.3) is 0 Å². The van der Waals surface area contributed by atoms with E-state index in [0.717, 1.165) is 51.7 Å². The van der Waals surface area contributed by atoms with Crippen LogP contribution in [-0.2, 0) is 33.3 Å². The SMILES string of the molecule is CCc1nn(-c2[c-]c(Oc3[c-]c4c(cc3)c3ccccc3n4-c3cc(C)ccn3)ccc2)c(CC)c1-c1c(C2CCCCC2)cccc1C1CCCCC1.[Pd+2]. The molecule has 0 radical (unpaired) electrons. The Morgan fingerprint density at radius 3 is 2.07 bits per heavy atom. The fourth-order valence-electron chi connectivity index (χ4n) is 9.50. The molecule has 0 amide bonds. The van der Waals surface area contributed by atoms with Gasteiger partial charge in [0.1, 0.15) is 5.82 Å². The zero-order chi connectivity index (χ0) is 36.6. The average molecular weight is 817 g/mol. The summed E-state index contributed by atoms with van der Waals surface area (Å²) in [6.45, 7) is 6.65. The second-order valence-corrected chi connectivity index (χ2v) is 15.5. The summed E-state index contributed by atoms with van der Waals surface area (Å²) in [6, 6.07) is 37.4. The van der Waals surface area contributed by atoms with Crippen molar-refractivity contribution in [1.29, 1.82) is 0 Å². The molecule has 0 bridgehead atoms. The molecule has 2 saturated carbocycles. The molecule has 3 heterocycles. The van der Waals surface area contributed by atoms with E-state index < -0.39 is 0 Å². The van der Waals surface area contributed by atoms with Crippen LogP contribution in [0.3, 0.4) is 0 Å². The first-order chi connectivity index (χ1) is 26.6. The minimum Gasteiger partial charge on any atom is -0.509 e. The Balaban J connectivity index is 0.00000427. The molecule has 4 aromatic carbocycles. The van der Waals surface area contributed by atoms with Gasteiger partial charge in [-0.1, -0.05) is 94.3 Å². The Bertz CT molecular complexity index is 2410. The number of rotatable bonds is 9. The molecule has 0 atom stereocenters. The van der Waals surface area contributed by atoms with Crippen molar-refractivity contribution in [3.8, 4) is 34.1 Å². The largest absolute Gasteiger partial charge is 2.00 e. The third kappa shape index (κ3) is 7.09. The van der Waals surface area contributed by atoms with Crippen molar-refractivity contribution in [2.45, 2.75) is 110 Å². The van der Waals surface area contributed by atoms with Crippen LogP contribution in [0.15, 0.2) is 91.1 Å². The molecule has 0 aliphatic heterocycles. The number of ether oxygens (including phenoxy) is 1. The molecule has 0 saturated heterocycles. The number of pyridine rings is 1. The third-order valence-electron chi connectivity index (χ3n) is 12.1. The van der Waals surface area contributed by atoms with E-state index in [1.54, 1.807) is 11.1 Å². The number of para-hydroxylation sites is 1. The molecule has 3 aromatic heterocycles. The smallest absolute Gasteiger partial charge is 0.509 e. The summed E-state index contributed by atoms with van der Waals surface area (Å²) < 4.78 is 10.9. The van der Waals surface area contributed by atoms with Crippen molar-refractivity contribution in [2.75, 3.05) is 0 Å². The van der Waals surface area contributed by atoms with E-state index in [-0.39, 0.29) is 20.4 Å². The van der Waals surface area contributed by atoms with Crippen LogP contribution in [0.1, 0.15) is 118 Å². The molecule has 7 aromatic rings. The van der Waals surface area contributed by atoms with Crippen molar-refractivity contribution in [1.82, 2.24) is 19.3 Å². The first-order valence-corrected chi connectivity index (χ1v) is 20.4. The minimum absolute atomic E-state index is 0. The number of hydrogen-bond donors (Lipinski definition) is 0. The number of aromatic nitrogens is 4. The molecule has 2 fully saturated rings. The van der Waals surface area contributed by atoms with Gasteiger partial charge >= 0.3 is 20.4 Å². The third-order valence-corrected chi connectivity index (χ3v) is 12.1. The Morgan fingerprint density at radius 1 is 0.691 bits per heavy atom. The van der Waals surface area contributed by atoms with E-state index in [9.17, 15) is 0 Å². The molecule has 2 aliphatic carbocycles. The van der Waals surface area contributed by atoms with Gasteiger partial charge in [0.2, 0.25) is 0 Å². The van der Waals surface area contributed by atoms with Crippen LogP contribution in [0.5, 0.6) is 11.5 Å². The summed E-state index contributed by atoms with van der Waals surface area (Å²) in [6.07, 6.45) is 16.8. The zero-order valence-corrected chi connectivity index (χ0v) is 33.9. The fraction of sp³-hybridized carbons (Fsp3) is 0.347. The normalized spacial score (nSPS) is 15.4. The Labute approximate surface area is 339 Å². The molecular formula is C49H50N4OPd. The summed E-state index contributed by atoms with van der Waals surface area (Å²) in [5.74, 6) is 3.38. The van der Waals surface area contributed by atoms with Gasteiger partial charge in [-0.05, 0) is 109 Å². The Hall–Kier alpha value is -4.50. The van der Waals surface area contributed by atoms with Gasteiger partial charge in [-0.15, -0.1) is 35.7 Å². The Kier molecular flexibility index (Phi) is 11.1. The molecular weight excluding hydrogens is 767 g/mol. The van der Waals surface area contributed by atoms with Crippen molar-refractivity contribution in [3.63, 3.8) is 0 Å². The molecule has 2 aliphatic rings. The van der Waals surface area contributed by atoms with Gasteiger partial charge in [-0.3, -0.25) is 4.68 Å². The van der Waals surface area contributed by atoms with Gasteiger partial charge in [-0.2, -0.15) is 17.2 Å². The number of fused-ring (bicyclic) bond motifs is 3. The summed E-state index contributed by atoms with van der Waals surface area (Å²) in [5, 5.41) is 7.67. The fourth-order valence-corrected chi connectivity index (χ4v) is 9.50. The van der Waals surface area contributed by atoms with Crippen LogP contribution in [0, 0.1) is 19.1 Å². The number of hydrogen-bond acceptors (Lipinski definition) is 3. The number of aryl methyl sites for hydroxylation is 2. The minimum atomic E-state index is 0. The average Bonchev–Trinajstić information content (AvgIpc) is 3.76. The maximum atomic E-state index is 6.59. The standard InChI is InChI=1S/C49H50N4O.Pd/c1-4-43-49(48-39(34-16-8-6-9-17-34)23-15-24-40(48)35-18-10-7-11-19-35)44(5-2)53(51-43)36-20-14-21-37(31-36)54-38-26-27-42-41-22-12-13-25-45(41)52(46(42)32-38)47-30-33(3)28-29-50-47;/h12-15,20-30,34-35H,4-11,16-19H2,1-3H3;/q-2;+2. The molecule has 0 spiro atoms. The molecule has 282 valence electrons. The van der Waals surface area contributed by atoms with Crippen LogP contribution in [0.2, 0.25) is 0 Å². The van der Waals surface area contributed by atoms with Gasteiger partial charge in [0.05, 0.1) is 5.69 Å². The van der Waals surface area contributed by atoms with Crippen LogP contribution in [0.25, 0.3) is 44.4 Å². The molecule has 5 nitrogen and oxygen atoms in total.